The highest BCUT2D eigenvalue weighted by Gasteiger charge is 1.96. The van der Waals surface area contributed by atoms with Crippen LogP contribution in [0.3, 0.4) is 0 Å². The Bertz CT molecular complexity index is 84.6. The number of allylic oxidation sites excluding steroid dienone is 1. The van der Waals surface area contributed by atoms with Crippen LogP contribution in [-0.2, 0) is 4.74 Å². The summed E-state index contributed by atoms with van der Waals surface area (Å²) in [5.41, 5.74) is 0. The Hall–Kier alpha value is -0.460. The molecule has 0 aromatic heterocycles. The zero-order chi connectivity index (χ0) is 7.28. The van der Waals surface area contributed by atoms with Crippen molar-refractivity contribution >= 4 is 0 Å². The average Bonchev–Trinajstić information content (AvgIpc) is 1.63. The SMILES string of the molecule is C=C(CC(C)C)OCC. The zero-order valence-electron chi connectivity index (χ0n) is 6.61. The molecular formula is C8H16O. The summed E-state index contributed by atoms with van der Waals surface area (Å²) in [6, 6.07) is 0. The van der Waals surface area contributed by atoms with Crippen molar-refractivity contribution in [3.63, 3.8) is 0 Å². The molecular weight excluding hydrogens is 112 g/mol. The average molecular weight is 128 g/mol. The fourth-order valence-corrected chi connectivity index (χ4v) is 0.718. The van der Waals surface area contributed by atoms with Gasteiger partial charge in [0.25, 0.3) is 0 Å². The Labute approximate surface area is 57.7 Å². The van der Waals surface area contributed by atoms with Gasteiger partial charge in [0.15, 0.2) is 0 Å². The second-order valence-corrected chi connectivity index (χ2v) is 2.57. The first-order chi connectivity index (χ1) is 4.16. The lowest BCUT2D eigenvalue weighted by atomic mass is 10.1. The lowest BCUT2D eigenvalue weighted by Crippen LogP contribution is -1.94. The minimum absolute atomic E-state index is 0.657. The monoisotopic (exact) mass is 128 g/mol. The van der Waals surface area contributed by atoms with Gasteiger partial charge < -0.3 is 4.74 Å². The number of rotatable bonds is 4. The van der Waals surface area contributed by atoms with Gasteiger partial charge in [-0.15, -0.1) is 0 Å². The predicted molar refractivity (Wildman–Crippen MR) is 40.2 cm³/mol. The third-order valence-corrected chi connectivity index (χ3v) is 0.984. The zero-order valence-corrected chi connectivity index (χ0v) is 6.61. The molecule has 0 aliphatic heterocycles. The molecule has 0 bridgehead atoms. The summed E-state index contributed by atoms with van der Waals surface area (Å²) in [5, 5.41) is 0. The van der Waals surface area contributed by atoms with Crippen molar-refractivity contribution in [1.82, 2.24) is 0 Å². The third-order valence-electron chi connectivity index (χ3n) is 0.984. The molecule has 1 nitrogen and oxygen atoms in total. The van der Waals surface area contributed by atoms with E-state index >= 15 is 0 Å². The van der Waals surface area contributed by atoms with Gasteiger partial charge in [-0.1, -0.05) is 20.4 Å². The van der Waals surface area contributed by atoms with E-state index in [4.69, 9.17) is 4.74 Å². The van der Waals surface area contributed by atoms with Gasteiger partial charge in [0.1, 0.15) is 0 Å². The first-order valence-electron chi connectivity index (χ1n) is 3.47. The van der Waals surface area contributed by atoms with Crippen LogP contribution in [0, 0.1) is 5.92 Å². The van der Waals surface area contributed by atoms with E-state index < -0.39 is 0 Å². The van der Waals surface area contributed by atoms with Crippen LogP contribution in [-0.4, -0.2) is 6.61 Å². The molecule has 9 heavy (non-hydrogen) atoms. The minimum atomic E-state index is 0.657. The van der Waals surface area contributed by atoms with Crippen molar-refractivity contribution in [1.29, 1.82) is 0 Å². The fraction of sp³-hybridized carbons (Fsp3) is 0.750. The molecule has 0 amide bonds. The standard InChI is InChI=1S/C8H16O/c1-5-9-8(4)6-7(2)3/h7H,4-6H2,1-3H3. The molecule has 0 spiro atoms. The summed E-state index contributed by atoms with van der Waals surface area (Å²) < 4.78 is 5.16. The minimum Gasteiger partial charge on any atom is -0.499 e. The van der Waals surface area contributed by atoms with Crippen LogP contribution < -0.4 is 0 Å². The van der Waals surface area contributed by atoms with Crippen molar-refractivity contribution in [3.8, 4) is 0 Å². The Morgan fingerprint density at radius 3 is 2.44 bits per heavy atom. The van der Waals surface area contributed by atoms with Crippen LogP contribution in [0.15, 0.2) is 12.3 Å². The normalized spacial score (nSPS) is 9.78. The molecule has 0 fully saturated rings. The van der Waals surface area contributed by atoms with Crippen molar-refractivity contribution in [2.45, 2.75) is 27.2 Å². The fourth-order valence-electron chi connectivity index (χ4n) is 0.718. The Morgan fingerprint density at radius 1 is 1.56 bits per heavy atom. The van der Waals surface area contributed by atoms with Crippen LogP contribution >= 0.6 is 0 Å². The summed E-state index contributed by atoms with van der Waals surface area (Å²) in [5.74, 6) is 1.57. The smallest absolute Gasteiger partial charge is 0.0890 e. The van der Waals surface area contributed by atoms with Gasteiger partial charge in [0, 0.05) is 6.42 Å². The van der Waals surface area contributed by atoms with Gasteiger partial charge in [-0.2, -0.15) is 0 Å². The summed E-state index contributed by atoms with van der Waals surface area (Å²) in [6.45, 7) is 10.8. The van der Waals surface area contributed by atoms with E-state index in [1.807, 2.05) is 6.92 Å². The van der Waals surface area contributed by atoms with E-state index in [2.05, 4.69) is 20.4 Å². The molecule has 0 aromatic rings. The molecule has 1 heteroatoms. The van der Waals surface area contributed by atoms with E-state index in [1.165, 1.54) is 0 Å². The molecule has 0 rings (SSSR count). The molecule has 0 N–H and O–H groups in total. The van der Waals surface area contributed by atoms with Gasteiger partial charge >= 0.3 is 0 Å². The molecule has 0 unspecified atom stereocenters. The van der Waals surface area contributed by atoms with Crippen LogP contribution in [0.2, 0.25) is 0 Å². The second-order valence-electron chi connectivity index (χ2n) is 2.57. The van der Waals surface area contributed by atoms with Crippen LogP contribution in [0.1, 0.15) is 27.2 Å². The Morgan fingerprint density at radius 2 is 2.11 bits per heavy atom. The largest absolute Gasteiger partial charge is 0.499 e. The molecule has 54 valence electrons. The Kier molecular flexibility index (Phi) is 4.20. The van der Waals surface area contributed by atoms with Gasteiger partial charge in [0.2, 0.25) is 0 Å². The maximum absolute atomic E-state index is 5.16. The highest BCUT2D eigenvalue weighted by atomic mass is 16.5. The summed E-state index contributed by atoms with van der Waals surface area (Å²) in [4.78, 5) is 0. The first-order valence-corrected chi connectivity index (χ1v) is 3.47. The molecule has 0 aliphatic rings. The van der Waals surface area contributed by atoms with Crippen molar-refractivity contribution < 1.29 is 4.74 Å². The maximum atomic E-state index is 5.16. The van der Waals surface area contributed by atoms with E-state index in [-0.39, 0.29) is 0 Å². The van der Waals surface area contributed by atoms with E-state index in [9.17, 15) is 0 Å². The predicted octanol–water partition coefficient (Wildman–Crippen LogP) is 2.58. The van der Waals surface area contributed by atoms with Gasteiger partial charge in [-0.3, -0.25) is 0 Å². The highest BCUT2D eigenvalue weighted by Crippen LogP contribution is 2.08. The van der Waals surface area contributed by atoms with Crippen LogP contribution in [0.5, 0.6) is 0 Å². The maximum Gasteiger partial charge on any atom is 0.0890 e. The number of hydrogen-bond acceptors (Lipinski definition) is 1. The summed E-state index contributed by atoms with van der Waals surface area (Å²) in [7, 11) is 0. The molecule has 0 saturated heterocycles. The van der Waals surface area contributed by atoms with E-state index in [0.29, 0.717) is 5.92 Å². The number of hydrogen-bond donors (Lipinski definition) is 0. The topological polar surface area (TPSA) is 9.23 Å². The summed E-state index contributed by atoms with van der Waals surface area (Å²) >= 11 is 0. The Balaban J connectivity index is 3.27. The summed E-state index contributed by atoms with van der Waals surface area (Å²) in [6.07, 6.45) is 0.980. The third kappa shape index (κ3) is 5.41. The van der Waals surface area contributed by atoms with Gasteiger partial charge in [0.05, 0.1) is 12.4 Å². The quantitative estimate of drug-likeness (QED) is 0.529. The van der Waals surface area contributed by atoms with E-state index in [1.54, 1.807) is 0 Å². The van der Waals surface area contributed by atoms with Crippen molar-refractivity contribution in [3.05, 3.63) is 12.3 Å². The van der Waals surface area contributed by atoms with Gasteiger partial charge in [-0.25, -0.2) is 0 Å². The molecule has 0 radical (unpaired) electrons. The van der Waals surface area contributed by atoms with Crippen molar-refractivity contribution in [2.24, 2.45) is 5.92 Å². The van der Waals surface area contributed by atoms with Crippen molar-refractivity contribution in [2.75, 3.05) is 6.61 Å². The molecule has 0 atom stereocenters. The van der Waals surface area contributed by atoms with Crippen LogP contribution in [0.4, 0.5) is 0 Å². The molecule has 0 aliphatic carbocycles. The first kappa shape index (κ1) is 8.54. The second kappa shape index (κ2) is 4.42. The molecule has 0 aromatic carbocycles. The van der Waals surface area contributed by atoms with Crippen LogP contribution in [0.25, 0.3) is 0 Å². The lowest BCUT2D eigenvalue weighted by molar-refractivity contribution is 0.212. The lowest BCUT2D eigenvalue weighted by Gasteiger charge is -2.07. The molecule has 0 saturated carbocycles. The highest BCUT2D eigenvalue weighted by molar-refractivity contribution is 4.82. The molecule has 0 heterocycles. The van der Waals surface area contributed by atoms with Gasteiger partial charge in [-0.05, 0) is 12.8 Å². The number of ether oxygens (including phenoxy) is 1. The van der Waals surface area contributed by atoms with E-state index in [0.717, 1.165) is 18.8 Å².